The number of nitrogens with zero attached hydrogens (tertiary/aromatic N) is 2. The highest BCUT2D eigenvalue weighted by atomic mass is 16.3. The predicted octanol–water partition coefficient (Wildman–Crippen LogP) is 16.5. The normalized spacial score (nSPS) is 13.0. The maximum atomic E-state index is 6.36. The van der Waals surface area contributed by atoms with Crippen molar-refractivity contribution in [1.82, 2.24) is 9.97 Å². The Hall–Kier alpha value is -8.14. The number of hydrogen-bond donors (Lipinski definition) is 0. The van der Waals surface area contributed by atoms with Crippen LogP contribution in [-0.4, -0.2) is 9.97 Å². The van der Waals surface area contributed by atoms with Crippen LogP contribution in [0.5, 0.6) is 0 Å². The van der Waals surface area contributed by atoms with Crippen LogP contribution in [0.15, 0.2) is 211 Å². The van der Waals surface area contributed by atoms with Crippen molar-refractivity contribution in [2.75, 3.05) is 0 Å². The van der Waals surface area contributed by atoms with Crippen LogP contribution in [0.1, 0.15) is 25.0 Å². The molecule has 1 aliphatic carbocycles. The van der Waals surface area contributed by atoms with Crippen molar-refractivity contribution in [3.63, 3.8) is 0 Å². The van der Waals surface area contributed by atoms with Gasteiger partial charge in [0.15, 0.2) is 5.82 Å². The summed E-state index contributed by atoms with van der Waals surface area (Å²) >= 11 is 0. The van der Waals surface area contributed by atoms with Crippen molar-refractivity contribution in [1.29, 1.82) is 0 Å². The second kappa shape index (κ2) is 13.9. The molecule has 12 aromatic rings. The van der Waals surface area contributed by atoms with Crippen molar-refractivity contribution in [2.45, 2.75) is 19.3 Å². The lowest BCUT2D eigenvalue weighted by Crippen LogP contribution is -2.14. The highest BCUT2D eigenvalue weighted by Crippen LogP contribution is 2.54. The Morgan fingerprint density at radius 2 is 1.00 bits per heavy atom. The Labute approximate surface area is 371 Å². The molecule has 0 spiro atoms. The standard InChI is InChI=1S/C61H40N2O/c1-61(2)52-25-13-24-49(58(52)50-33-40-17-6-7-18-41(40)35-53(50)61)47-28-29-48(46-23-11-10-22-45(46)47)55-36-54(62-60(63-55)38-15-4-3-5-16-38)43-20-12-19-39(32-43)42-27-30-56-51(34-42)59-44-21-9-8-14-37(44)26-31-57(59)64-56/h3-36H,1-2H3. The molecule has 0 unspecified atom stereocenters. The van der Waals surface area contributed by atoms with Crippen molar-refractivity contribution < 1.29 is 4.42 Å². The first-order valence-electron chi connectivity index (χ1n) is 22.1. The lowest BCUT2D eigenvalue weighted by molar-refractivity contribution is 0.661. The van der Waals surface area contributed by atoms with Crippen LogP contribution in [-0.2, 0) is 5.41 Å². The Bertz CT molecular complexity index is 3880. The minimum absolute atomic E-state index is 0.127. The molecular weight excluding hydrogens is 777 g/mol. The van der Waals surface area contributed by atoms with Crippen LogP contribution >= 0.6 is 0 Å². The smallest absolute Gasteiger partial charge is 0.160 e. The molecule has 300 valence electrons. The zero-order chi connectivity index (χ0) is 42.5. The van der Waals surface area contributed by atoms with Gasteiger partial charge >= 0.3 is 0 Å². The van der Waals surface area contributed by atoms with Gasteiger partial charge in [0.25, 0.3) is 0 Å². The first-order chi connectivity index (χ1) is 31.5. The van der Waals surface area contributed by atoms with Crippen molar-refractivity contribution in [3.8, 4) is 67.3 Å². The van der Waals surface area contributed by atoms with Gasteiger partial charge in [-0.05, 0) is 119 Å². The Morgan fingerprint density at radius 3 is 1.84 bits per heavy atom. The zero-order valence-electron chi connectivity index (χ0n) is 35.4. The van der Waals surface area contributed by atoms with Crippen LogP contribution in [0.4, 0.5) is 0 Å². The van der Waals surface area contributed by atoms with Gasteiger partial charge in [0, 0.05) is 32.9 Å². The van der Waals surface area contributed by atoms with Gasteiger partial charge in [0.05, 0.1) is 11.4 Å². The van der Waals surface area contributed by atoms with E-state index in [1.165, 1.54) is 60.3 Å². The third-order valence-corrected chi connectivity index (χ3v) is 13.7. The van der Waals surface area contributed by atoms with E-state index in [2.05, 4.69) is 214 Å². The van der Waals surface area contributed by atoms with E-state index >= 15 is 0 Å². The molecule has 10 aromatic carbocycles. The fourth-order valence-electron chi connectivity index (χ4n) is 10.5. The van der Waals surface area contributed by atoms with Gasteiger partial charge in [0.1, 0.15) is 11.2 Å². The largest absolute Gasteiger partial charge is 0.456 e. The Balaban J connectivity index is 0.963. The summed E-state index contributed by atoms with van der Waals surface area (Å²) in [5.74, 6) is 0.691. The quantitative estimate of drug-likeness (QED) is 0.174. The minimum Gasteiger partial charge on any atom is -0.456 e. The molecule has 0 radical (unpaired) electrons. The summed E-state index contributed by atoms with van der Waals surface area (Å²) in [4.78, 5) is 10.6. The minimum atomic E-state index is -0.127. The Morgan fingerprint density at radius 1 is 0.359 bits per heavy atom. The summed E-state index contributed by atoms with van der Waals surface area (Å²) in [5.41, 5.74) is 16.6. The van der Waals surface area contributed by atoms with Crippen LogP contribution < -0.4 is 0 Å². The molecular formula is C61H40N2O. The van der Waals surface area contributed by atoms with E-state index in [4.69, 9.17) is 14.4 Å². The van der Waals surface area contributed by atoms with Crippen LogP contribution in [0.3, 0.4) is 0 Å². The molecule has 0 fully saturated rings. The van der Waals surface area contributed by atoms with E-state index in [0.29, 0.717) is 5.82 Å². The molecule has 1 aliphatic rings. The summed E-state index contributed by atoms with van der Waals surface area (Å²) in [6.45, 7) is 4.73. The van der Waals surface area contributed by atoms with E-state index in [9.17, 15) is 0 Å². The molecule has 64 heavy (non-hydrogen) atoms. The zero-order valence-corrected chi connectivity index (χ0v) is 35.4. The molecule has 0 N–H and O–H groups in total. The van der Waals surface area contributed by atoms with E-state index in [0.717, 1.165) is 66.5 Å². The second-order valence-corrected chi connectivity index (χ2v) is 17.7. The molecule has 0 atom stereocenters. The van der Waals surface area contributed by atoms with E-state index in [-0.39, 0.29) is 5.41 Å². The van der Waals surface area contributed by atoms with E-state index in [1.807, 2.05) is 6.07 Å². The fraction of sp³-hybridized carbons (Fsp3) is 0.0492. The lowest BCUT2D eigenvalue weighted by atomic mass is 9.81. The monoisotopic (exact) mass is 816 g/mol. The van der Waals surface area contributed by atoms with Crippen molar-refractivity contribution in [3.05, 3.63) is 217 Å². The molecule has 13 rings (SSSR count). The third kappa shape index (κ3) is 5.60. The summed E-state index contributed by atoms with van der Waals surface area (Å²) in [7, 11) is 0. The summed E-state index contributed by atoms with van der Waals surface area (Å²) in [6, 6.07) is 74.3. The molecule has 0 aliphatic heterocycles. The molecule has 3 heteroatoms. The number of hydrogen-bond acceptors (Lipinski definition) is 3. The van der Waals surface area contributed by atoms with Crippen LogP contribution in [0.25, 0.3) is 122 Å². The molecule has 0 amide bonds. The summed E-state index contributed by atoms with van der Waals surface area (Å²) in [5, 5.41) is 9.55. The number of rotatable bonds is 5. The number of benzene rings is 10. The maximum absolute atomic E-state index is 6.36. The molecule has 3 nitrogen and oxygen atoms in total. The second-order valence-electron chi connectivity index (χ2n) is 17.7. The van der Waals surface area contributed by atoms with Gasteiger partial charge in [-0.2, -0.15) is 0 Å². The van der Waals surface area contributed by atoms with E-state index < -0.39 is 0 Å². The van der Waals surface area contributed by atoms with Gasteiger partial charge in [0.2, 0.25) is 0 Å². The number of fused-ring (bicyclic) bond motifs is 10. The molecule has 2 heterocycles. The van der Waals surface area contributed by atoms with Crippen LogP contribution in [0, 0.1) is 0 Å². The van der Waals surface area contributed by atoms with Gasteiger partial charge < -0.3 is 4.42 Å². The predicted molar refractivity (Wildman–Crippen MR) is 267 cm³/mol. The molecule has 0 bridgehead atoms. The van der Waals surface area contributed by atoms with Gasteiger partial charge in [-0.3, -0.25) is 0 Å². The van der Waals surface area contributed by atoms with Gasteiger partial charge in [-0.25, -0.2) is 9.97 Å². The van der Waals surface area contributed by atoms with Crippen LogP contribution in [0.2, 0.25) is 0 Å². The third-order valence-electron chi connectivity index (χ3n) is 13.7. The SMILES string of the molecule is CC1(C)c2cc3ccccc3cc2-c2c(-c3ccc(-c4cc(-c5cccc(-c6ccc7oc8ccc9ccccc9c8c7c6)c5)nc(-c5ccccc5)n4)c4ccccc34)cccc21. The highest BCUT2D eigenvalue weighted by Gasteiger charge is 2.37. The molecule has 0 saturated carbocycles. The Kier molecular flexibility index (Phi) is 7.95. The summed E-state index contributed by atoms with van der Waals surface area (Å²) in [6.07, 6.45) is 0. The first kappa shape index (κ1) is 36.5. The average molecular weight is 817 g/mol. The highest BCUT2D eigenvalue weighted by molar-refractivity contribution is 6.19. The summed E-state index contributed by atoms with van der Waals surface area (Å²) < 4.78 is 6.36. The van der Waals surface area contributed by atoms with Gasteiger partial charge in [-0.15, -0.1) is 0 Å². The lowest BCUT2D eigenvalue weighted by Gasteiger charge is -2.22. The topological polar surface area (TPSA) is 38.9 Å². The average Bonchev–Trinajstić information content (AvgIpc) is 3.84. The van der Waals surface area contributed by atoms with Crippen molar-refractivity contribution in [2.24, 2.45) is 0 Å². The van der Waals surface area contributed by atoms with Gasteiger partial charge in [-0.1, -0.05) is 178 Å². The van der Waals surface area contributed by atoms with E-state index in [1.54, 1.807) is 0 Å². The molecule has 2 aromatic heterocycles. The molecule has 0 saturated heterocycles. The number of furan rings is 1. The van der Waals surface area contributed by atoms with Crippen molar-refractivity contribution >= 4 is 54.3 Å². The first-order valence-corrected chi connectivity index (χ1v) is 22.1. The maximum Gasteiger partial charge on any atom is 0.160 e. The number of aromatic nitrogens is 2. The fourth-order valence-corrected chi connectivity index (χ4v) is 10.5.